The zero-order valence-electron chi connectivity index (χ0n) is 10.6. The number of rotatable bonds is 4. The summed E-state index contributed by atoms with van der Waals surface area (Å²) in [5.74, 6) is -0.322. The van der Waals surface area contributed by atoms with Crippen molar-refractivity contribution in [1.82, 2.24) is 4.98 Å². The fourth-order valence-corrected chi connectivity index (χ4v) is 2.52. The quantitative estimate of drug-likeness (QED) is 0.887. The molecule has 0 atom stereocenters. The molecule has 2 N–H and O–H groups in total. The van der Waals surface area contributed by atoms with Crippen molar-refractivity contribution in [3.8, 4) is 0 Å². The number of amides is 2. The van der Waals surface area contributed by atoms with Gasteiger partial charge >= 0.3 is 0 Å². The third-order valence-corrected chi connectivity index (χ3v) is 3.64. The van der Waals surface area contributed by atoms with E-state index in [1.54, 1.807) is 5.38 Å². The van der Waals surface area contributed by atoms with Gasteiger partial charge in [0, 0.05) is 22.5 Å². The van der Waals surface area contributed by atoms with Crippen molar-refractivity contribution in [2.75, 3.05) is 10.6 Å². The van der Waals surface area contributed by atoms with E-state index >= 15 is 0 Å². The third-order valence-electron chi connectivity index (χ3n) is 2.30. The summed E-state index contributed by atoms with van der Waals surface area (Å²) in [5.41, 5.74) is 1.36. The van der Waals surface area contributed by atoms with E-state index in [4.69, 9.17) is 0 Å². The molecular formula is C13H12BrN3O2S. The van der Waals surface area contributed by atoms with Crippen molar-refractivity contribution in [3.63, 3.8) is 0 Å². The zero-order valence-corrected chi connectivity index (χ0v) is 13.0. The number of carbonyl (C=O) groups excluding carboxylic acids is 2. The molecule has 0 spiro atoms. The van der Waals surface area contributed by atoms with E-state index in [9.17, 15) is 9.59 Å². The molecule has 0 bridgehead atoms. The van der Waals surface area contributed by atoms with Crippen LogP contribution in [0.3, 0.4) is 0 Å². The Bertz CT molecular complexity index is 625. The van der Waals surface area contributed by atoms with Crippen LogP contribution in [0.5, 0.6) is 0 Å². The number of halogens is 1. The number of hydrogen-bond donors (Lipinski definition) is 2. The largest absolute Gasteiger partial charge is 0.326 e. The highest BCUT2D eigenvalue weighted by atomic mass is 79.9. The fourth-order valence-electron chi connectivity index (χ4n) is 1.50. The molecule has 2 amide bonds. The van der Waals surface area contributed by atoms with Crippen molar-refractivity contribution in [2.24, 2.45) is 0 Å². The first-order chi connectivity index (χ1) is 9.52. The van der Waals surface area contributed by atoms with Crippen LogP contribution in [-0.2, 0) is 16.0 Å². The van der Waals surface area contributed by atoms with E-state index in [1.807, 2.05) is 24.3 Å². The Kier molecular flexibility index (Phi) is 4.86. The maximum absolute atomic E-state index is 11.9. The van der Waals surface area contributed by atoms with E-state index in [-0.39, 0.29) is 18.2 Å². The van der Waals surface area contributed by atoms with Gasteiger partial charge in [0.2, 0.25) is 11.8 Å². The number of nitrogens with zero attached hydrogens (tertiary/aromatic N) is 1. The first kappa shape index (κ1) is 14.7. The zero-order chi connectivity index (χ0) is 14.5. The van der Waals surface area contributed by atoms with Gasteiger partial charge in [-0.3, -0.25) is 9.59 Å². The highest BCUT2D eigenvalue weighted by Gasteiger charge is 2.08. The number of hydrogen-bond acceptors (Lipinski definition) is 4. The van der Waals surface area contributed by atoms with Crippen LogP contribution in [0.4, 0.5) is 10.8 Å². The van der Waals surface area contributed by atoms with Crippen molar-refractivity contribution in [3.05, 3.63) is 39.8 Å². The van der Waals surface area contributed by atoms with Crippen molar-refractivity contribution < 1.29 is 9.59 Å². The van der Waals surface area contributed by atoms with Gasteiger partial charge in [0.25, 0.3) is 0 Å². The number of benzene rings is 1. The van der Waals surface area contributed by atoms with Crippen molar-refractivity contribution >= 4 is 49.9 Å². The minimum absolute atomic E-state index is 0.146. The lowest BCUT2D eigenvalue weighted by molar-refractivity contribution is -0.116. The molecule has 0 saturated heterocycles. The minimum Gasteiger partial charge on any atom is -0.326 e. The standard InChI is InChI=1S/C13H12BrN3O2S/c1-8(18)15-13-17-11(7-20-13)6-12(19)16-10-4-2-9(14)3-5-10/h2-5,7H,6H2,1H3,(H,16,19)(H,15,17,18). The lowest BCUT2D eigenvalue weighted by Crippen LogP contribution is -2.14. The molecule has 0 fully saturated rings. The van der Waals surface area contributed by atoms with Gasteiger partial charge < -0.3 is 10.6 Å². The molecule has 1 heterocycles. The van der Waals surface area contributed by atoms with Crippen LogP contribution in [0.1, 0.15) is 12.6 Å². The Balaban J connectivity index is 1.92. The maximum Gasteiger partial charge on any atom is 0.230 e. The summed E-state index contributed by atoms with van der Waals surface area (Å²) >= 11 is 4.63. The summed E-state index contributed by atoms with van der Waals surface area (Å²) in [5, 5.41) is 7.63. The summed E-state index contributed by atoms with van der Waals surface area (Å²) in [6.07, 6.45) is 0.173. The van der Waals surface area contributed by atoms with E-state index < -0.39 is 0 Å². The summed E-state index contributed by atoms with van der Waals surface area (Å²) in [4.78, 5) is 26.9. The molecule has 7 heteroatoms. The molecule has 0 aliphatic rings. The Hall–Kier alpha value is -1.73. The molecule has 0 unspecified atom stereocenters. The Labute approximate surface area is 128 Å². The lowest BCUT2D eigenvalue weighted by Gasteiger charge is -2.03. The molecule has 2 aromatic rings. The number of thiazole rings is 1. The van der Waals surface area contributed by atoms with Crippen molar-refractivity contribution in [2.45, 2.75) is 13.3 Å². The SMILES string of the molecule is CC(=O)Nc1nc(CC(=O)Nc2ccc(Br)cc2)cs1. The molecule has 5 nitrogen and oxygen atoms in total. The Morgan fingerprint density at radius 1 is 1.25 bits per heavy atom. The number of carbonyl (C=O) groups is 2. The second kappa shape index (κ2) is 6.62. The molecule has 104 valence electrons. The van der Waals surface area contributed by atoms with E-state index in [0.29, 0.717) is 10.8 Å². The topological polar surface area (TPSA) is 71.1 Å². The van der Waals surface area contributed by atoms with Gasteiger partial charge in [-0.05, 0) is 24.3 Å². The second-order valence-electron chi connectivity index (χ2n) is 4.06. The monoisotopic (exact) mass is 353 g/mol. The molecule has 1 aromatic carbocycles. The van der Waals surface area contributed by atoms with Gasteiger partial charge in [-0.15, -0.1) is 11.3 Å². The molecule has 1 aromatic heterocycles. The van der Waals surface area contributed by atoms with Gasteiger partial charge in [-0.1, -0.05) is 15.9 Å². The number of nitrogens with one attached hydrogen (secondary N) is 2. The second-order valence-corrected chi connectivity index (χ2v) is 5.83. The Morgan fingerprint density at radius 2 is 1.95 bits per heavy atom. The van der Waals surface area contributed by atoms with Crippen LogP contribution >= 0.6 is 27.3 Å². The smallest absolute Gasteiger partial charge is 0.230 e. The van der Waals surface area contributed by atoms with Gasteiger partial charge in [0.15, 0.2) is 5.13 Å². The summed E-state index contributed by atoms with van der Waals surface area (Å²) in [6.45, 7) is 1.42. The molecule has 0 saturated carbocycles. The van der Waals surface area contributed by atoms with E-state index in [2.05, 4.69) is 31.5 Å². The molecule has 2 rings (SSSR count). The van der Waals surface area contributed by atoms with Crippen LogP contribution in [0.15, 0.2) is 34.1 Å². The highest BCUT2D eigenvalue weighted by molar-refractivity contribution is 9.10. The third kappa shape index (κ3) is 4.43. The molecular weight excluding hydrogens is 342 g/mol. The molecule has 0 aliphatic heterocycles. The van der Waals surface area contributed by atoms with Crippen LogP contribution in [-0.4, -0.2) is 16.8 Å². The average molecular weight is 354 g/mol. The van der Waals surface area contributed by atoms with Crippen LogP contribution < -0.4 is 10.6 Å². The van der Waals surface area contributed by atoms with Gasteiger partial charge in [-0.2, -0.15) is 0 Å². The summed E-state index contributed by atoms with van der Waals surface area (Å²) in [6, 6.07) is 7.33. The maximum atomic E-state index is 11.9. The van der Waals surface area contributed by atoms with Crippen LogP contribution in [0, 0.1) is 0 Å². The molecule has 20 heavy (non-hydrogen) atoms. The van der Waals surface area contributed by atoms with Gasteiger partial charge in [-0.25, -0.2) is 4.98 Å². The number of anilines is 2. The van der Waals surface area contributed by atoms with Gasteiger partial charge in [0.05, 0.1) is 12.1 Å². The van der Waals surface area contributed by atoms with E-state index in [0.717, 1.165) is 10.2 Å². The van der Waals surface area contributed by atoms with Gasteiger partial charge in [0.1, 0.15) is 0 Å². The minimum atomic E-state index is -0.176. The predicted octanol–water partition coefficient (Wildman–Crippen LogP) is 3.05. The molecule has 0 aliphatic carbocycles. The molecule has 0 radical (unpaired) electrons. The first-order valence-corrected chi connectivity index (χ1v) is 7.47. The number of aromatic nitrogens is 1. The summed E-state index contributed by atoms with van der Waals surface area (Å²) in [7, 11) is 0. The van der Waals surface area contributed by atoms with E-state index in [1.165, 1.54) is 18.3 Å². The normalized spacial score (nSPS) is 10.1. The average Bonchev–Trinajstić information content (AvgIpc) is 2.78. The van der Waals surface area contributed by atoms with Crippen LogP contribution in [0.2, 0.25) is 0 Å². The first-order valence-electron chi connectivity index (χ1n) is 5.80. The lowest BCUT2D eigenvalue weighted by atomic mass is 10.3. The highest BCUT2D eigenvalue weighted by Crippen LogP contribution is 2.17. The van der Waals surface area contributed by atoms with Crippen molar-refractivity contribution in [1.29, 1.82) is 0 Å². The van der Waals surface area contributed by atoms with Crippen LogP contribution in [0.25, 0.3) is 0 Å². The summed E-state index contributed by atoms with van der Waals surface area (Å²) < 4.78 is 0.954. The predicted molar refractivity (Wildman–Crippen MR) is 82.9 cm³/mol. The Morgan fingerprint density at radius 3 is 2.60 bits per heavy atom. The fraction of sp³-hybridized carbons (Fsp3) is 0.154.